The largest absolute Gasteiger partial charge is 0.477 e. The number of aromatic nitrogens is 1. The van der Waals surface area contributed by atoms with Crippen molar-refractivity contribution in [2.75, 3.05) is 20.1 Å². The van der Waals surface area contributed by atoms with Crippen molar-refractivity contribution in [3.8, 4) is 0 Å². The first kappa shape index (κ1) is 11.5. The number of nitrogens with zero attached hydrogens (tertiary/aromatic N) is 2. The van der Waals surface area contributed by atoms with E-state index < -0.39 is 5.97 Å². The number of hydrogen-bond acceptors (Lipinski definition) is 4. The fourth-order valence-corrected chi connectivity index (χ4v) is 3.19. The molecule has 0 saturated carbocycles. The van der Waals surface area contributed by atoms with Crippen molar-refractivity contribution >= 4 is 17.3 Å². The van der Waals surface area contributed by atoms with Crippen molar-refractivity contribution in [2.45, 2.75) is 25.7 Å². The zero-order valence-electron chi connectivity index (χ0n) is 9.56. The molecule has 1 aliphatic rings. The van der Waals surface area contributed by atoms with E-state index in [1.807, 2.05) is 0 Å². The molecule has 0 aliphatic carbocycles. The Kier molecular flexibility index (Phi) is 3.25. The number of carboxylic acid groups (broad SMARTS) is 1. The van der Waals surface area contributed by atoms with Gasteiger partial charge in [-0.2, -0.15) is 0 Å². The monoisotopic (exact) mass is 240 g/mol. The first-order valence-corrected chi connectivity index (χ1v) is 6.28. The summed E-state index contributed by atoms with van der Waals surface area (Å²) < 4.78 is 0. The lowest BCUT2D eigenvalue weighted by molar-refractivity contribution is 0.0701. The van der Waals surface area contributed by atoms with Gasteiger partial charge in [-0.1, -0.05) is 0 Å². The SMILES string of the molecule is Cc1nc(C2CCCN(C)C2)sc1C(=O)O. The summed E-state index contributed by atoms with van der Waals surface area (Å²) in [5.74, 6) is -0.444. The fraction of sp³-hybridized carbons (Fsp3) is 0.636. The molecule has 1 aliphatic heterocycles. The molecule has 1 N–H and O–H groups in total. The molecule has 1 aromatic rings. The summed E-state index contributed by atoms with van der Waals surface area (Å²) in [5.41, 5.74) is 0.653. The van der Waals surface area contributed by atoms with E-state index in [0.29, 0.717) is 16.5 Å². The number of aryl methyl sites for hydroxylation is 1. The maximum Gasteiger partial charge on any atom is 0.347 e. The van der Waals surface area contributed by atoms with Crippen LogP contribution in [0.5, 0.6) is 0 Å². The lowest BCUT2D eigenvalue weighted by Crippen LogP contribution is -2.30. The minimum absolute atomic E-state index is 0.392. The van der Waals surface area contributed by atoms with Crippen LogP contribution in [0.25, 0.3) is 0 Å². The topological polar surface area (TPSA) is 53.4 Å². The number of likely N-dealkylation sites (tertiary alicyclic amines) is 1. The molecule has 1 aromatic heterocycles. The van der Waals surface area contributed by atoms with Gasteiger partial charge in [-0.15, -0.1) is 11.3 Å². The molecular weight excluding hydrogens is 224 g/mol. The number of thiazole rings is 1. The average Bonchev–Trinajstić information content (AvgIpc) is 2.60. The molecule has 0 aromatic carbocycles. The van der Waals surface area contributed by atoms with Gasteiger partial charge in [0.15, 0.2) is 0 Å². The summed E-state index contributed by atoms with van der Waals surface area (Å²) in [7, 11) is 2.10. The van der Waals surface area contributed by atoms with Gasteiger partial charge in [-0.3, -0.25) is 0 Å². The highest BCUT2D eigenvalue weighted by atomic mass is 32.1. The van der Waals surface area contributed by atoms with Gasteiger partial charge in [-0.05, 0) is 33.4 Å². The number of hydrogen-bond donors (Lipinski definition) is 1. The van der Waals surface area contributed by atoms with Crippen molar-refractivity contribution in [3.63, 3.8) is 0 Å². The predicted molar refractivity (Wildman–Crippen MR) is 63.3 cm³/mol. The van der Waals surface area contributed by atoms with Crippen LogP contribution in [0.4, 0.5) is 0 Å². The summed E-state index contributed by atoms with van der Waals surface area (Å²) in [6.45, 7) is 3.90. The number of piperidine rings is 1. The molecule has 88 valence electrons. The Morgan fingerprint density at radius 2 is 2.38 bits per heavy atom. The summed E-state index contributed by atoms with van der Waals surface area (Å²) >= 11 is 1.34. The zero-order chi connectivity index (χ0) is 11.7. The third-order valence-electron chi connectivity index (χ3n) is 2.98. The molecular formula is C11H16N2O2S. The Morgan fingerprint density at radius 3 is 2.94 bits per heavy atom. The number of rotatable bonds is 2. The molecule has 5 heteroatoms. The van der Waals surface area contributed by atoms with Crippen molar-refractivity contribution in [1.29, 1.82) is 0 Å². The Bertz CT molecular complexity index is 403. The molecule has 1 atom stereocenters. The normalized spacial score (nSPS) is 22.2. The Balaban J connectivity index is 2.20. The fourth-order valence-electron chi connectivity index (χ4n) is 2.16. The van der Waals surface area contributed by atoms with E-state index >= 15 is 0 Å². The maximum atomic E-state index is 10.9. The van der Waals surface area contributed by atoms with Gasteiger partial charge < -0.3 is 10.0 Å². The van der Waals surface area contributed by atoms with E-state index in [1.54, 1.807) is 6.92 Å². The lowest BCUT2D eigenvalue weighted by atomic mass is 9.99. The van der Waals surface area contributed by atoms with Crippen LogP contribution in [-0.2, 0) is 0 Å². The van der Waals surface area contributed by atoms with E-state index in [0.717, 1.165) is 24.5 Å². The van der Waals surface area contributed by atoms with Crippen molar-refractivity contribution < 1.29 is 9.90 Å². The maximum absolute atomic E-state index is 10.9. The number of likely N-dealkylation sites (N-methyl/N-ethyl adjacent to an activating group) is 1. The highest BCUT2D eigenvalue weighted by molar-refractivity contribution is 7.13. The highest BCUT2D eigenvalue weighted by Crippen LogP contribution is 2.31. The molecule has 1 saturated heterocycles. The van der Waals surface area contributed by atoms with Crippen LogP contribution in [0.1, 0.15) is 39.1 Å². The third-order valence-corrected chi connectivity index (χ3v) is 4.29. The van der Waals surface area contributed by atoms with Crippen LogP contribution in [0.15, 0.2) is 0 Å². The molecule has 0 radical (unpaired) electrons. The second-order valence-corrected chi connectivity index (χ2v) is 5.40. The van der Waals surface area contributed by atoms with Crippen molar-refractivity contribution in [2.24, 2.45) is 0 Å². The summed E-state index contributed by atoms with van der Waals surface area (Å²) in [6, 6.07) is 0. The number of carboxylic acids is 1. The molecule has 1 fully saturated rings. The Labute approximate surface area is 98.9 Å². The van der Waals surface area contributed by atoms with E-state index in [2.05, 4.69) is 16.9 Å². The first-order valence-electron chi connectivity index (χ1n) is 5.47. The van der Waals surface area contributed by atoms with Gasteiger partial charge in [0.05, 0.1) is 10.7 Å². The van der Waals surface area contributed by atoms with Gasteiger partial charge in [0.2, 0.25) is 0 Å². The molecule has 2 rings (SSSR count). The van der Waals surface area contributed by atoms with Crippen molar-refractivity contribution in [3.05, 3.63) is 15.6 Å². The Hall–Kier alpha value is -0.940. The van der Waals surface area contributed by atoms with Crippen LogP contribution in [0, 0.1) is 6.92 Å². The minimum Gasteiger partial charge on any atom is -0.477 e. The van der Waals surface area contributed by atoms with E-state index in [1.165, 1.54) is 17.8 Å². The van der Waals surface area contributed by atoms with E-state index in [-0.39, 0.29) is 0 Å². The van der Waals surface area contributed by atoms with E-state index in [9.17, 15) is 4.79 Å². The minimum atomic E-state index is -0.856. The summed E-state index contributed by atoms with van der Waals surface area (Å²) in [5, 5.41) is 9.98. The van der Waals surface area contributed by atoms with Gasteiger partial charge in [0.1, 0.15) is 4.88 Å². The molecule has 2 heterocycles. The quantitative estimate of drug-likeness (QED) is 0.858. The molecule has 0 amide bonds. The Morgan fingerprint density at radius 1 is 1.62 bits per heavy atom. The second-order valence-electron chi connectivity index (χ2n) is 4.37. The van der Waals surface area contributed by atoms with Crippen LogP contribution < -0.4 is 0 Å². The average molecular weight is 240 g/mol. The zero-order valence-corrected chi connectivity index (χ0v) is 10.4. The van der Waals surface area contributed by atoms with Crippen molar-refractivity contribution in [1.82, 2.24) is 9.88 Å². The van der Waals surface area contributed by atoms with Crippen LogP contribution in [-0.4, -0.2) is 41.1 Å². The predicted octanol–water partition coefficient (Wildman–Crippen LogP) is 1.96. The molecule has 0 spiro atoms. The second kappa shape index (κ2) is 4.51. The van der Waals surface area contributed by atoms with Crippen LogP contribution >= 0.6 is 11.3 Å². The van der Waals surface area contributed by atoms with Gasteiger partial charge in [0, 0.05) is 12.5 Å². The molecule has 4 nitrogen and oxygen atoms in total. The smallest absolute Gasteiger partial charge is 0.347 e. The number of aromatic carboxylic acids is 1. The summed E-state index contributed by atoms with van der Waals surface area (Å²) in [6.07, 6.45) is 2.29. The van der Waals surface area contributed by atoms with Gasteiger partial charge >= 0.3 is 5.97 Å². The standard InChI is InChI=1S/C11H16N2O2S/c1-7-9(11(14)15)16-10(12-7)8-4-3-5-13(2)6-8/h8H,3-6H2,1-2H3,(H,14,15). The first-order chi connectivity index (χ1) is 7.58. The molecule has 0 bridgehead atoms. The number of carbonyl (C=O) groups is 1. The van der Waals surface area contributed by atoms with Crippen LogP contribution in [0.2, 0.25) is 0 Å². The van der Waals surface area contributed by atoms with Gasteiger partial charge in [-0.25, -0.2) is 9.78 Å². The molecule has 1 unspecified atom stereocenters. The van der Waals surface area contributed by atoms with E-state index in [4.69, 9.17) is 5.11 Å². The molecule has 16 heavy (non-hydrogen) atoms. The summed E-state index contributed by atoms with van der Waals surface area (Å²) in [4.78, 5) is 18.0. The van der Waals surface area contributed by atoms with Crippen LogP contribution in [0.3, 0.4) is 0 Å². The third kappa shape index (κ3) is 2.25. The lowest BCUT2D eigenvalue weighted by Gasteiger charge is -2.28. The van der Waals surface area contributed by atoms with Gasteiger partial charge in [0.25, 0.3) is 0 Å². The highest BCUT2D eigenvalue weighted by Gasteiger charge is 2.24.